The van der Waals surface area contributed by atoms with Crippen LogP contribution in [0.3, 0.4) is 0 Å². The summed E-state index contributed by atoms with van der Waals surface area (Å²) in [5.74, 6) is 0. The first-order valence-electron chi connectivity index (χ1n) is 8.59. The molecule has 0 bridgehead atoms. The maximum atomic E-state index is 2.29. The summed E-state index contributed by atoms with van der Waals surface area (Å²) in [6, 6.07) is 30.4. The van der Waals surface area contributed by atoms with Crippen molar-refractivity contribution >= 4 is 56.0 Å². The van der Waals surface area contributed by atoms with Gasteiger partial charge in [0.25, 0.3) is 0 Å². The lowest BCUT2D eigenvalue weighted by Gasteiger charge is -2.04. The van der Waals surface area contributed by atoms with Crippen molar-refractivity contribution in [3.05, 3.63) is 106 Å². The van der Waals surface area contributed by atoms with Crippen molar-refractivity contribution in [3.63, 3.8) is 0 Å². The Labute approximate surface area is 161 Å². The van der Waals surface area contributed by atoms with Gasteiger partial charge >= 0.3 is 0 Å². The number of thioether (sulfide) groups is 2. The topological polar surface area (TPSA) is 0 Å². The fraction of sp³-hybridized carbons (Fsp3) is 0. The van der Waals surface area contributed by atoms with E-state index in [-0.39, 0.29) is 0 Å². The van der Waals surface area contributed by atoms with E-state index in [1.807, 2.05) is 23.5 Å². The van der Waals surface area contributed by atoms with Crippen LogP contribution in [-0.2, 0) is 0 Å². The maximum Gasteiger partial charge on any atom is 0.0499 e. The first-order chi connectivity index (χ1) is 12.8. The number of fused-ring (bicyclic) bond motifs is 2. The minimum absolute atomic E-state index is 1.26. The highest BCUT2D eigenvalue weighted by Crippen LogP contribution is 2.49. The van der Waals surface area contributed by atoms with Gasteiger partial charge in [0.1, 0.15) is 0 Å². The van der Waals surface area contributed by atoms with Gasteiger partial charge < -0.3 is 0 Å². The molecule has 124 valence electrons. The highest BCUT2D eigenvalue weighted by molar-refractivity contribution is 8.31. The monoisotopic (exact) mass is 368 g/mol. The van der Waals surface area contributed by atoms with E-state index in [4.69, 9.17) is 0 Å². The number of benzene rings is 4. The zero-order chi connectivity index (χ0) is 17.3. The first-order valence-corrected chi connectivity index (χ1v) is 10.3. The molecule has 1 aliphatic heterocycles. The molecule has 26 heavy (non-hydrogen) atoms. The summed E-state index contributed by atoms with van der Waals surface area (Å²) in [5.41, 5.74) is 2.55. The van der Waals surface area contributed by atoms with Crippen LogP contribution in [-0.4, -0.2) is 0 Å². The average molecular weight is 369 g/mol. The SMILES string of the molecule is C(=C1SC=C(c2ccc3ccccc3c2)S1)c1ccc2ccccc2c1. The molecule has 1 aliphatic rings. The molecule has 0 atom stereocenters. The molecular weight excluding hydrogens is 352 g/mol. The molecule has 0 N–H and O–H groups in total. The van der Waals surface area contributed by atoms with E-state index in [0.29, 0.717) is 0 Å². The molecule has 0 saturated carbocycles. The molecule has 0 fully saturated rings. The van der Waals surface area contributed by atoms with Gasteiger partial charge in [-0.15, -0.1) is 0 Å². The van der Waals surface area contributed by atoms with E-state index in [9.17, 15) is 0 Å². The van der Waals surface area contributed by atoms with Crippen LogP contribution in [0, 0.1) is 0 Å². The summed E-state index contributed by atoms with van der Waals surface area (Å²) < 4.78 is 1.32. The molecule has 4 aromatic carbocycles. The second-order valence-electron chi connectivity index (χ2n) is 6.33. The van der Waals surface area contributed by atoms with Crippen molar-refractivity contribution in [1.82, 2.24) is 0 Å². The zero-order valence-corrected chi connectivity index (χ0v) is 15.7. The standard InChI is InChI=1S/C24H16S2/c1-3-7-20-13-17(9-10-18(20)5-1)14-24-25-16-23(26-24)22-12-11-19-6-2-4-8-21(19)15-22/h1-16H. The van der Waals surface area contributed by atoms with Gasteiger partial charge in [0.2, 0.25) is 0 Å². The van der Waals surface area contributed by atoms with E-state index >= 15 is 0 Å². The predicted octanol–water partition coefficient (Wildman–Crippen LogP) is 7.77. The molecule has 0 saturated heterocycles. The molecule has 0 spiro atoms. The van der Waals surface area contributed by atoms with Crippen LogP contribution in [0.15, 0.2) is 94.6 Å². The van der Waals surface area contributed by atoms with Crippen LogP contribution in [0.2, 0.25) is 0 Å². The lowest BCUT2D eigenvalue weighted by atomic mass is 10.1. The third-order valence-corrected chi connectivity index (χ3v) is 6.87. The molecule has 0 nitrogen and oxygen atoms in total. The minimum atomic E-state index is 1.26. The van der Waals surface area contributed by atoms with Gasteiger partial charge in [0.15, 0.2) is 0 Å². The van der Waals surface area contributed by atoms with Crippen molar-refractivity contribution in [2.45, 2.75) is 0 Å². The number of hydrogen-bond donors (Lipinski definition) is 0. The van der Waals surface area contributed by atoms with Gasteiger partial charge in [-0.2, -0.15) is 0 Å². The highest BCUT2D eigenvalue weighted by Gasteiger charge is 2.14. The Balaban J connectivity index is 1.42. The largest absolute Gasteiger partial charge is 0.0895 e. The van der Waals surface area contributed by atoms with Crippen molar-refractivity contribution in [3.8, 4) is 0 Å². The molecule has 0 aliphatic carbocycles. The van der Waals surface area contributed by atoms with E-state index in [2.05, 4.69) is 96.4 Å². The highest BCUT2D eigenvalue weighted by atomic mass is 32.2. The Morgan fingerprint density at radius 1 is 0.615 bits per heavy atom. The van der Waals surface area contributed by atoms with Gasteiger partial charge in [-0.25, -0.2) is 0 Å². The van der Waals surface area contributed by atoms with Gasteiger partial charge in [0.05, 0.1) is 0 Å². The maximum absolute atomic E-state index is 2.29. The average Bonchev–Trinajstić information content (AvgIpc) is 3.16. The van der Waals surface area contributed by atoms with Crippen molar-refractivity contribution in [2.24, 2.45) is 0 Å². The normalized spacial score (nSPS) is 15.7. The van der Waals surface area contributed by atoms with E-state index in [1.54, 1.807) is 0 Å². The van der Waals surface area contributed by atoms with Crippen LogP contribution in [0.1, 0.15) is 11.1 Å². The third kappa shape index (κ3) is 3.07. The molecule has 2 heteroatoms. The van der Waals surface area contributed by atoms with Crippen LogP contribution < -0.4 is 0 Å². The fourth-order valence-corrected chi connectivity index (χ4v) is 5.40. The Hall–Kier alpha value is -2.42. The lowest BCUT2D eigenvalue weighted by Crippen LogP contribution is -1.79. The van der Waals surface area contributed by atoms with E-state index in [1.165, 1.54) is 41.8 Å². The van der Waals surface area contributed by atoms with Crippen LogP contribution in [0.25, 0.3) is 32.5 Å². The van der Waals surface area contributed by atoms with Crippen LogP contribution >= 0.6 is 23.5 Å². The lowest BCUT2D eigenvalue weighted by molar-refractivity contribution is 1.70. The van der Waals surface area contributed by atoms with Crippen LogP contribution in [0.4, 0.5) is 0 Å². The van der Waals surface area contributed by atoms with E-state index in [0.717, 1.165) is 0 Å². The predicted molar refractivity (Wildman–Crippen MR) is 119 cm³/mol. The third-order valence-electron chi connectivity index (χ3n) is 4.58. The summed E-state index contributed by atoms with van der Waals surface area (Å²) >= 11 is 3.67. The summed E-state index contributed by atoms with van der Waals surface area (Å²) in [4.78, 5) is 1.33. The quantitative estimate of drug-likeness (QED) is 0.354. The molecule has 0 aromatic heterocycles. The molecule has 0 radical (unpaired) electrons. The summed E-state index contributed by atoms with van der Waals surface area (Å²) in [7, 11) is 0. The molecule has 5 rings (SSSR count). The molecule has 1 heterocycles. The smallest absolute Gasteiger partial charge is 0.0499 e. The Bertz CT molecular complexity index is 1180. The van der Waals surface area contributed by atoms with Crippen molar-refractivity contribution in [2.75, 3.05) is 0 Å². The molecule has 4 aromatic rings. The number of hydrogen-bond acceptors (Lipinski definition) is 2. The van der Waals surface area contributed by atoms with Gasteiger partial charge in [-0.05, 0) is 56.3 Å². The first kappa shape index (κ1) is 15.8. The molecule has 0 amide bonds. The van der Waals surface area contributed by atoms with Gasteiger partial charge in [-0.3, -0.25) is 0 Å². The number of rotatable bonds is 2. The summed E-state index contributed by atoms with van der Waals surface area (Å²) in [6.07, 6.45) is 2.28. The Morgan fingerprint density at radius 2 is 1.27 bits per heavy atom. The van der Waals surface area contributed by atoms with Gasteiger partial charge in [-0.1, -0.05) is 96.3 Å². The van der Waals surface area contributed by atoms with Crippen molar-refractivity contribution < 1.29 is 0 Å². The summed E-state index contributed by atoms with van der Waals surface area (Å²) in [6.45, 7) is 0. The fourth-order valence-electron chi connectivity index (χ4n) is 3.23. The summed E-state index contributed by atoms with van der Waals surface area (Å²) in [5, 5.41) is 7.43. The van der Waals surface area contributed by atoms with Crippen LogP contribution in [0.5, 0.6) is 0 Å². The Kier molecular flexibility index (Phi) is 4.08. The van der Waals surface area contributed by atoms with Gasteiger partial charge in [0, 0.05) is 9.14 Å². The minimum Gasteiger partial charge on any atom is -0.0895 e. The second-order valence-corrected chi connectivity index (χ2v) is 8.59. The Morgan fingerprint density at radius 3 is 2.04 bits per heavy atom. The van der Waals surface area contributed by atoms with E-state index < -0.39 is 0 Å². The molecule has 0 unspecified atom stereocenters. The zero-order valence-electron chi connectivity index (χ0n) is 14.1. The molecular formula is C24H16S2. The van der Waals surface area contributed by atoms with Crippen molar-refractivity contribution in [1.29, 1.82) is 0 Å². The second kappa shape index (κ2) is 6.71.